The van der Waals surface area contributed by atoms with E-state index >= 15 is 0 Å². The molecule has 19 heavy (non-hydrogen) atoms. The molecule has 6 heteroatoms. The van der Waals surface area contributed by atoms with Gasteiger partial charge in [-0.1, -0.05) is 13.2 Å². The van der Waals surface area contributed by atoms with Crippen molar-refractivity contribution in [1.29, 1.82) is 0 Å². The zero-order valence-electron chi connectivity index (χ0n) is 12.2. The highest BCUT2D eigenvalue weighted by Crippen LogP contribution is 1.70. The summed E-state index contributed by atoms with van der Waals surface area (Å²) >= 11 is 0. The van der Waals surface area contributed by atoms with Gasteiger partial charge in [-0.15, -0.1) is 0 Å². The first-order chi connectivity index (χ1) is 8.50. The summed E-state index contributed by atoms with van der Waals surface area (Å²) in [5.74, 6) is -0.477. The number of primary amides is 1. The molecule has 0 atom stereocenters. The maximum absolute atomic E-state index is 9.75. The summed E-state index contributed by atoms with van der Waals surface area (Å²) in [5, 5.41) is 0. The lowest BCUT2D eigenvalue weighted by molar-refractivity contribution is -0.135. The zero-order valence-corrected chi connectivity index (χ0v) is 12.2. The van der Waals surface area contributed by atoms with Crippen LogP contribution in [0.25, 0.3) is 0 Å². The van der Waals surface area contributed by atoms with E-state index in [4.69, 9.17) is 0 Å². The van der Waals surface area contributed by atoms with Gasteiger partial charge in [0.2, 0.25) is 5.91 Å². The van der Waals surface area contributed by atoms with Crippen molar-refractivity contribution >= 4 is 23.4 Å². The van der Waals surface area contributed by atoms with Crippen LogP contribution < -0.4 is 5.73 Å². The van der Waals surface area contributed by atoms with Crippen LogP contribution in [0.3, 0.4) is 0 Å². The fourth-order valence-corrected chi connectivity index (χ4v) is 0.117. The van der Waals surface area contributed by atoms with Crippen LogP contribution in [-0.4, -0.2) is 23.4 Å². The standard InChI is InChI=1S/C4H6O2.C3H5NO.2C3H6O/c1-3-6-4(2)5;1-2-3(4)5;2*1-3(2)4/h3H,1H2,2H3;2H,1H2,(H2,4,5);2*1-2H3. The third-order valence-electron chi connectivity index (χ3n) is 0.450. The first-order valence-corrected chi connectivity index (χ1v) is 5.15. The number of nitrogens with two attached hydrogens (primary N) is 1. The van der Waals surface area contributed by atoms with Gasteiger partial charge in [0.15, 0.2) is 0 Å². The Morgan fingerprint density at radius 3 is 1.11 bits per heavy atom. The minimum Gasteiger partial charge on any atom is -0.435 e. The van der Waals surface area contributed by atoms with Crippen LogP contribution in [0.2, 0.25) is 0 Å². The molecule has 0 saturated carbocycles. The van der Waals surface area contributed by atoms with E-state index in [0.717, 1.165) is 12.3 Å². The fourth-order valence-electron chi connectivity index (χ4n) is 0.117. The highest BCUT2D eigenvalue weighted by molar-refractivity contribution is 5.84. The van der Waals surface area contributed by atoms with Crippen molar-refractivity contribution in [2.24, 2.45) is 5.73 Å². The number of hydrogen-bond acceptors (Lipinski definition) is 5. The van der Waals surface area contributed by atoms with Gasteiger partial charge in [-0.25, -0.2) is 0 Å². The Morgan fingerprint density at radius 2 is 1.11 bits per heavy atom. The van der Waals surface area contributed by atoms with Crippen molar-refractivity contribution in [3.05, 3.63) is 25.5 Å². The van der Waals surface area contributed by atoms with Gasteiger partial charge >= 0.3 is 5.97 Å². The SMILES string of the molecule is C=CC(N)=O.C=COC(C)=O.CC(C)=O.CC(C)=O. The molecule has 0 heterocycles. The number of hydrogen-bond donors (Lipinski definition) is 1. The Labute approximate surface area is 114 Å². The Morgan fingerprint density at radius 1 is 0.895 bits per heavy atom. The lowest BCUT2D eigenvalue weighted by Crippen LogP contribution is -2.04. The van der Waals surface area contributed by atoms with Crippen LogP contribution in [0.5, 0.6) is 0 Å². The van der Waals surface area contributed by atoms with Crippen molar-refractivity contribution < 1.29 is 23.9 Å². The molecular weight excluding hydrogens is 250 g/mol. The van der Waals surface area contributed by atoms with Gasteiger partial charge in [0.05, 0.1) is 6.26 Å². The number of Topliss-reactive ketones (excluding diaryl/α,β-unsaturated/α-hetero) is 2. The predicted octanol–water partition coefficient (Wildman–Crippen LogP) is 1.54. The van der Waals surface area contributed by atoms with Crippen LogP contribution in [-0.2, 0) is 23.9 Å². The van der Waals surface area contributed by atoms with Gasteiger partial charge in [0.1, 0.15) is 11.6 Å². The van der Waals surface area contributed by atoms with Crippen LogP contribution >= 0.6 is 0 Å². The van der Waals surface area contributed by atoms with Crippen molar-refractivity contribution in [1.82, 2.24) is 0 Å². The van der Waals surface area contributed by atoms with Gasteiger partial charge < -0.3 is 20.1 Å². The van der Waals surface area contributed by atoms with E-state index in [1.54, 1.807) is 0 Å². The van der Waals surface area contributed by atoms with E-state index in [-0.39, 0.29) is 17.5 Å². The monoisotopic (exact) mass is 273 g/mol. The van der Waals surface area contributed by atoms with Crippen molar-refractivity contribution in [3.63, 3.8) is 0 Å². The summed E-state index contributed by atoms with van der Waals surface area (Å²) < 4.78 is 4.17. The summed E-state index contributed by atoms with van der Waals surface area (Å²) in [6.45, 7) is 13.7. The molecule has 0 aliphatic rings. The molecular formula is C13H23NO5. The normalized spacial score (nSPS) is 6.58. The van der Waals surface area contributed by atoms with Gasteiger partial charge in [0, 0.05) is 6.92 Å². The number of carbonyl (C=O) groups excluding carboxylic acids is 4. The molecule has 0 aliphatic carbocycles. The highest BCUT2D eigenvalue weighted by atomic mass is 16.5. The Bertz CT molecular complexity index is 288. The Hall–Kier alpha value is -2.24. The van der Waals surface area contributed by atoms with Gasteiger partial charge in [-0.2, -0.15) is 0 Å². The Kier molecular flexibility index (Phi) is 28.4. The summed E-state index contributed by atoms with van der Waals surface area (Å²) in [7, 11) is 0. The number of esters is 1. The third kappa shape index (κ3) is 392. The molecule has 2 N–H and O–H groups in total. The molecule has 0 spiro atoms. The molecule has 0 aliphatic heterocycles. The minimum absolute atomic E-state index is 0.167. The Balaban J connectivity index is -0.0000000803. The number of rotatable bonds is 2. The van der Waals surface area contributed by atoms with Crippen molar-refractivity contribution in [2.75, 3.05) is 0 Å². The molecule has 0 bridgehead atoms. The van der Waals surface area contributed by atoms with E-state index in [1.165, 1.54) is 34.6 Å². The van der Waals surface area contributed by atoms with Crippen LogP contribution in [0.4, 0.5) is 0 Å². The number of ether oxygens (including phenoxy) is 1. The fraction of sp³-hybridized carbons (Fsp3) is 0.385. The molecule has 1 amide bonds. The van der Waals surface area contributed by atoms with E-state index in [2.05, 4.69) is 23.6 Å². The molecule has 0 rings (SSSR count). The van der Waals surface area contributed by atoms with Crippen molar-refractivity contribution in [2.45, 2.75) is 34.6 Å². The van der Waals surface area contributed by atoms with E-state index in [9.17, 15) is 19.2 Å². The van der Waals surface area contributed by atoms with Gasteiger partial charge in [-0.3, -0.25) is 9.59 Å². The first kappa shape index (κ1) is 25.6. The van der Waals surface area contributed by atoms with Crippen molar-refractivity contribution in [3.8, 4) is 0 Å². The predicted molar refractivity (Wildman–Crippen MR) is 74.1 cm³/mol. The molecule has 0 aromatic carbocycles. The van der Waals surface area contributed by atoms with Crippen LogP contribution in [0, 0.1) is 0 Å². The third-order valence-corrected chi connectivity index (χ3v) is 0.450. The summed E-state index contributed by atoms with van der Waals surface area (Å²) in [5.41, 5.74) is 4.53. The van der Waals surface area contributed by atoms with E-state index in [1.807, 2.05) is 0 Å². The first-order valence-electron chi connectivity index (χ1n) is 5.15. The average Bonchev–Trinajstić information content (AvgIpc) is 2.16. The summed E-state index contributed by atoms with van der Waals surface area (Å²) in [6.07, 6.45) is 2.16. The van der Waals surface area contributed by atoms with Gasteiger partial charge in [-0.05, 0) is 33.8 Å². The minimum atomic E-state index is -0.481. The molecule has 6 nitrogen and oxygen atoms in total. The molecule has 110 valence electrons. The van der Waals surface area contributed by atoms with Crippen LogP contribution in [0.1, 0.15) is 34.6 Å². The second-order valence-corrected chi connectivity index (χ2v) is 3.20. The molecule has 0 fully saturated rings. The molecule has 0 unspecified atom stereocenters. The summed E-state index contributed by atoms with van der Waals surface area (Å²) in [4.78, 5) is 38.1. The molecule has 0 aromatic rings. The molecule has 0 radical (unpaired) electrons. The number of ketones is 2. The lowest BCUT2D eigenvalue weighted by Gasteiger charge is -1.83. The maximum Gasteiger partial charge on any atom is 0.307 e. The number of carbonyl (C=O) groups is 4. The van der Waals surface area contributed by atoms with E-state index < -0.39 is 5.91 Å². The zero-order chi connectivity index (χ0) is 16.4. The topological polar surface area (TPSA) is 104 Å². The quantitative estimate of drug-likeness (QED) is 0.467. The number of amides is 1. The lowest BCUT2D eigenvalue weighted by atomic mass is 10.6. The van der Waals surface area contributed by atoms with Gasteiger partial charge in [0.25, 0.3) is 0 Å². The highest BCUT2D eigenvalue weighted by Gasteiger charge is 1.79. The van der Waals surface area contributed by atoms with Crippen LogP contribution in [0.15, 0.2) is 25.5 Å². The largest absolute Gasteiger partial charge is 0.435 e. The molecule has 0 saturated heterocycles. The molecule has 0 aromatic heterocycles. The summed E-state index contributed by atoms with van der Waals surface area (Å²) in [6, 6.07) is 0. The second kappa shape index (κ2) is 21.1. The van der Waals surface area contributed by atoms with E-state index in [0.29, 0.717) is 0 Å². The smallest absolute Gasteiger partial charge is 0.307 e. The second-order valence-electron chi connectivity index (χ2n) is 3.20. The maximum atomic E-state index is 9.75. The average molecular weight is 273 g/mol.